The number of nitrogens with zero attached hydrogens (tertiary/aromatic N) is 2. The summed E-state index contributed by atoms with van der Waals surface area (Å²) in [5.74, 6) is 0.738. The first kappa shape index (κ1) is 15.4. The zero-order chi connectivity index (χ0) is 12.9. The fourth-order valence-electron chi connectivity index (χ4n) is 2.02. The topological polar surface area (TPSA) is 40.6 Å². The molecule has 0 bridgehead atoms. The average Bonchev–Trinajstić information content (AvgIpc) is 2.26. The minimum absolute atomic E-state index is 0.645. The quantitative estimate of drug-likeness (QED) is 0.692. The Morgan fingerprint density at radius 1 is 1.18 bits per heavy atom. The smallest absolute Gasteiger partial charge is 0.211 e. The molecule has 0 aliphatic carbocycles. The van der Waals surface area contributed by atoms with Gasteiger partial charge in [-0.2, -0.15) is 4.31 Å². The van der Waals surface area contributed by atoms with Gasteiger partial charge in [-0.3, -0.25) is 0 Å². The van der Waals surface area contributed by atoms with Gasteiger partial charge in [-0.15, -0.1) is 0 Å². The summed E-state index contributed by atoms with van der Waals surface area (Å²) in [6.07, 6.45) is 3.70. The summed E-state index contributed by atoms with van der Waals surface area (Å²) in [4.78, 5) is 2.37. The molecule has 0 amide bonds. The Balaban J connectivity index is 2.24. The molecular weight excluding hydrogens is 304 g/mol. The summed E-state index contributed by atoms with van der Waals surface area (Å²) in [6, 6.07) is 0. The van der Waals surface area contributed by atoms with E-state index in [1.54, 1.807) is 4.31 Å². The standard InChI is InChI=1S/C11H23BrN2O2S/c1-11(3-5-12)4-6-13-7-9-14(10-8-13)17(2,15)16/h11H,3-10H2,1-2H3. The predicted molar refractivity (Wildman–Crippen MR) is 75.0 cm³/mol. The number of piperazine rings is 1. The van der Waals surface area contributed by atoms with Gasteiger partial charge >= 0.3 is 0 Å². The first-order chi connectivity index (χ1) is 7.93. The molecule has 0 saturated carbocycles. The molecule has 0 spiro atoms. The van der Waals surface area contributed by atoms with E-state index < -0.39 is 10.0 Å². The summed E-state index contributed by atoms with van der Waals surface area (Å²) >= 11 is 3.46. The van der Waals surface area contributed by atoms with Crippen LogP contribution in [0, 0.1) is 5.92 Å². The van der Waals surface area contributed by atoms with Gasteiger partial charge in [0.05, 0.1) is 6.26 Å². The van der Waals surface area contributed by atoms with Crippen LogP contribution in [0.4, 0.5) is 0 Å². The molecule has 4 nitrogen and oxygen atoms in total. The highest BCUT2D eigenvalue weighted by molar-refractivity contribution is 9.09. The third-order valence-corrected chi connectivity index (χ3v) is 5.10. The van der Waals surface area contributed by atoms with Gasteiger partial charge in [0.1, 0.15) is 0 Å². The van der Waals surface area contributed by atoms with E-state index in [2.05, 4.69) is 27.8 Å². The van der Waals surface area contributed by atoms with Crippen LogP contribution in [0.2, 0.25) is 0 Å². The third kappa shape index (κ3) is 5.68. The van der Waals surface area contributed by atoms with Crippen molar-refractivity contribution in [1.29, 1.82) is 0 Å². The van der Waals surface area contributed by atoms with Crippen molar-refractivity contribution in [3.05, 3.63) is 0 Å². The van der Waals surface area contributed by atoms with Crippen LogP contribution in [0.25, 0.3) is 0 Å². The van der Waals surface area contributed by atoms with Crippen LogP contribution >= 0.6 is 15.9 Å². The molecule has 1 aliphatic heterocycles. The van der Waals surface area contributed by atoms with Gasteiger partial charge in [-0.1, -0.05) is 22.9 Å². The van der Waals surface area contributed by atoms with E-state index in [1.807, 2.05) is 0 Å². The Morgan fingerprint density at radius 2 is 1.76 bits per heavy atom. The van der Waals surface area contributed by atoms with Crippen molar-refractivity contribution in [2.24, 2.45) is 5.92 Å². The monoisotopic (exact) mass is 326 g/mol. The fourth-order valence-corrected chi connectivity index (χ4v) is 3.63. The van der Waals surface area contributed by atoms with Gasteiger partial charge in [0.15, 0.2) is 0 Å². The van der Waals surface area contributed by atoms with Crippen molar-refractivity contribution < 1.29 is 8.42 Å². The molecule has 0 N–H and O–H groups in total. The number of halogens is 1. The molecule has 17 heavy (non-hydrogen) atoms. The maximum absolute atomic E-state index is 11.3. The molecule has 1 heterocycles. The average molecular weight is 327 g/mol. The lowest BCUT2D eigenvalue weighted by Crippen LogP contribution is -2.48. The summed E-state index contributed by atoms with van der Waals surface area (Å²) in [6.45, 7) is 6.39. The van der Waals surface area contributed by atoms with Crippen LogP contribution in [-0.4, -0.2) is 61.9 Å². The van der Waals surface area contributed by atoms with Crippen LogP contribution in [0.5, 0.6) is 0 Å². The highest BCUT2D eigenvalue weighted by Gasteiger charge is 2.23. The molecule has 0 aromatic carbocycles. The first-order valence-corrected chi connectivity index (χ1v) is 9.14. The Bertz CT molecular complexity index is 313. The minimum atomic E-state index is -2.99. The van der Waals surface area contributed by atoms with Gasteiger partial charge in [-0.05, 0) is 25.3 Å². The maximum atomic E-state index is 11.3. The second-order valence-electron chi connectivity index (χ2n) is 4.88. The molecule has 1 aliphatic rings. The van der Waals surface area contributed by atoms with Gasteiger partial charge in [0.25, 0.3) is 0 Å². The SMILES string of the molecule is CC(CCBr)CCN1CCN(S(C)(=O)=O)CC1. The highest BCUT2D eigenvalue weighted by Crippen LogP contribution is 2.12. The summed E-state index contributed by atoms with van der Waals surface area (Å²) in [7, 11) is -2.99. The Kier molecular flexibility index (Phi) is 6.40. The van der Waals surface area contributed by atoms with Crippen molar-refractivity contribution in [2.75, 3.05) is 44.3 Å². The third-order valence-electron chi connectivity index (χ3n) is 3.34. The molecule has 1 unspecified atom stereocenters. The van der Waals surface area contributed by atoms with E-state index in [1.165, 1.54) is 19.1 Å². The lowest BCUT2D eigenvalue weighted by atomic mass is 10.1. The van der Waals surface area contributed by atoms with E-state index >= 15 is 0 Å². The van der Waals surface area contributed by atoms with Gasteiger partial charge in [0, 0.05) is 31.5 Å². The molecule has 102 valence electrons. The minimum Gasteiger partial charge on any atom is -0.301 e. The summed E-state index contributed by atoms with van der Waals surface area (Å²) < 4.78 is 24.3. The molecule has 0 aromatic heterocycles. The number of rotatable bonds is 6. The van der Waals surface area contributed by atoms with E-state index in [-0.39, 0.29) is 0 Å². The first-order valence-electron chi connectivity index (χ1n) is 6.17. The van der Waals surface area contributed by atoms with Crippen molar-refractivity contribution in [3.8, 4) is 0 Å². The number of hydrogen-bond donors (Lipinski definition) is 0. The van der Waals surface area contributed by atoms with E-state index in [0.29, 0.717) is 13.1 Å². The Morgan fingerprint density at radius 3 is 2.24 bits per heavy atom. The molecule has 6 heteroatoms. The van der Waals surface area contributed by atoms with Crippen LogP contribution < -0.4 is 0 Å². The van der Waals surface area contributed by atoms with E-state index in [0.717, 1.165) is 30.9 Å². The Labute approximate surface area is 114 Å². The van der Waals surface area contributed by atoms with Crippen LogP contribution in [0.1, 0.15) is 19.8 Å². The number of hydrogen-bond acceptors (Lipinski definition) is 3. The molecule has 1 atom stereocenters. The zero-order valence-electron chi connectivity index (χ0n) is 10.7. The van der Waals surface area contributed by atoms with Crippen molar-refractivity contribution in [2.45, 2.75) is 19.8 Å². The zero-order valence-corrected chi connectivity index (χ0v) is 13.1. The van der Waals surface area contributed by atoms with E-state index in [4.69, 9.17) is 0 Å². The molecule has 0 aromatic rings. The molecule has 0 radical (unpaired) electrons. The molecular formula is C11H23BrN2O2S. The second-order valence-corrected chi connectivity index (χ2v) is 7.65. The van der Waals surface area contributed by atoms with Crippen molar-refractivity contribution in [3.63, 3.8) is 0 Å². The normalized spacial score (nSPS) is 21.6. The van der Waals surface area contributed by atoms with Gasteiger partial charge in [0.2, 0.25) is 10.0 Å². The predicted octanol–water partition coefficient (Wildman–Crippen LogP) is 1.37. The Hall–Kier alpha value is 0.350. The van der Waals surface area contributed by atoms with Crippen LogP contribution in [0.3, 0.4) is 0 Å². The van der Waals surface area contributed by atoms with Crippen molar-refractivity contribution >= 4 is 26.0 Å². The summed E-state index contributed by atoms with van der Waals surface area (Å²) in [5.41, 5.74) is 0. The highest BCUT2D eigenvalue weighted by atomic mass is 79.9. The molecule has 1 saturated heterocycles. The maximum Gasteiger partial charge on any atom is 0.211 e. The number of sulfonamides is 1. The number of alkyl halides is 1. The largest absolute Gasteiger partial charge is 0.301 e. The molecule has 1 fully saturated rings. The lowest BCUT2D eigenvalue weighted by Gasteiger charge is -2.33. The van der Waals surface area contributed by atoms with Crippen LogP contribution in [-0.2, 0) is 10.0 Å². The van der Waals surface area contributed by atoms with Crippen molar-refractivity contribution in [1.82, 2.24) is 9.21 Å². The van der Waals surface area contributed by atoms with Gasteiger partial charge in [-0.25, -0.2) is 8.42 Å². The summed E-state index contributed by atoms with van der Waals surface area (Å²) in [5, 5.41) is 1.07. The van der Waals surface area contributed by atoms with Crippen LogP contribution in [0.15, 0.2) is 0 Å². The second kappa shape index (κ2) is 7.07. The molecule has 1 rings (SSSR count). The lowest BCUT2D eigenvalue weighted by molar-refractivity contribution is 0.179. The fraction of sp³-hybridized carbons (Fsp3) is 1.00. The van der Waals surface area contributed by atoms with E-state index in [9.17, 15) is 8.42 Å². The van der Waals surface area contributed by atoms with Gasteiger partial charge < -0.3 is 4.90 Å².